The van der Waals surface area contributed by atoms with Crippen molar-refractivity contribution in [2.75, 3.05) is 5.73 Å². The predicted octanol–water partition coefficient (Wildman–Crippen LogP) is 3.14. The molecule has 2 N–H and O–H groups in total. The van der Waals surface area contributed by atoms with Crippen LogP contribution < -0.4 is 5.73 Å². The lowest BCUT2D eigenvalue weighted by Crippen LogP contribution is -2.11. The summed E-state index contributed by atoms with van der Waals surface area (Å²) in [4.78, 5) is 12.9. The monoisotopic (exact) mass is 266 g/mol. The Bertz CT molecular complexity index is 389. The molecule has 1 aliphatic carbocycles. The highest BCUT2D eigenvalue weighted by Crippen LogP contribution is 2.29. The van der Waals surface area contributed by atoms with E-state index in [9.17, 15) is 0 Å². The molecule has 2 rings (SSSR count). The zero-order chi connectivity index (χ0) is 13.0. The SMILES string of the molecule is CC(C)c1nc(N)nc(CSC2CCCCC2)n1. The quantitative estimate of drug-likeness (QED) is 0.907. The van der Waals surface area contributed by atoms with Crippen molar-refractivity contribution in [2.45, 2.75) is 62.9 Å². The number of nitrogens with two attached hydrogens (primary N) is 1. The zero-order valence-corrected chi connectivity index (χ0v) is 12.0. The fraction of sp³-hybridized carbons (Fsp3) is 0.769. The van der Waals surface area contributed by atoms with Crippen LogP contribution in [-0.4, -0.2) is 20.2 Å². The summed E-state index contributed by atoms with van der Waals surface area (Å²) in [6, 6.07) is 0. The van der Waals surface area contributed by atoms with Crippen molar-refractivity contribution in [3.05, 3.63) is 11.6 Å². The minimum Gasteiger partial charge on any atom is -0.368 e. The van der Waals surface area contributed by atoms with Gasteiger partial charge in [-0.25, -0.2) is 4.98 Å². The summed E-state index contributed by atoms with van der Waals surface area (Å²) in [6.45, 7) is 4.15. The molecule has 4 nitrogen and oxygen atoms in total. The largest absolute Gasteiger partial charge is 0.368 e. The summed E-state index contributed by atoms with van der Waals surface area (Å²) in [5.74, 6) is 3.15. The first kappa shape index (κ1) is 13.6. The lowest BCUT2D eigenvalue weighted by atomic mass is 10.0. The van der Waals surface area contributed by atoms with Crippen LogP contribution in [0.5, 0.6) is 0 Å². The van der Waals surface area contributed by atoms with E-state index in [2.05, 4.69) is 28.8 Å². The average molecular weight is 266 g/mol. The highest BCUT2D eigenvalue weighted by Gasteiger charge is 2.15. The van der Waals surface area contributed by atoms with E-state index in [0.717, 1.165) is 22.7 Å². The van der Waals surface area contributed by atoms with Crippen LogP contribution in [0.15, 0.2) is 0 Å². The lowest BCUT2D eigenvalue weighted by Gasteiger charge is -2.20. The molecule has 1 fully saturated rings. The van der Waals surface area contributed by atoms with Crippen LogP contribution in [0.2, 0.25) is 0 Å². The van der Waals surface area contributed by atoms with Gasteiger partial charge in [-0.2, -0.15) is 21.7 Å². The van der Waals surface area contributed by atoms with E-state index in [0.29, 0.717) is 11.9 Å². The van der Waals surface area contributed by atoms with E-state index in [1.807, 2.05) is 11.8 Å². The number of thioether (sulfide) groups is 1. The van der Waals surface area contributed by atoms with Crippen LogP contribution in [0.25, 0.3) is 0 Å². The van der Waals surface area contributed by atoms with E-state index in [1.165, 1.54) is 32.1 Å². The maximum atomic E-state index is 5.73. The van der Waals surface area contributed by atoms with Crippen molar-refractivity contribution in [1.82, 2.24) is 15.0 Å². The Kier molecular flexibility index (Phi) is 4.80. The van der Waals surface area contributed by atoms with Crippen LogP contribution in [0.1, 0.15) is 63.5 Å². The van der Waals surface area contributed by atoms with Crippen molar-refractivity contribution in [3.63, 3.8) is 0 Å². The third-order valence-corrected chi connectivity index (χ3v) is 4.60. The summed E-state index contributed by atoms with van der Waals surface area (Å²) >= 11 is 1.97. The van der Waals surface area contributed by atoms with Gasteiger partial charge in [0.2, 0.25) is 5.95 Å². The van der Waals surface area contributed by atoms with Crippen LogP contribution in [0, 0.1) is 0 Å². The standard InChI is InChI=1S/C13H22N4S/c1-9(2)12-15-11(16-13(14)17-12)8-18-10-6-4-3-5-7-10/h9-10H,3-8H2,1-2H3,(H2,14,15,16,17). The maximum absolute atomic E-state index is 5.73. The minimum absolute atomic E-state index is 0.300. The number of hydrogen-bond acceptors (Lipinski definition) is 5. The number of aromatic nitrogens is 3. The first-order valence-corrected chi connectivity index (χ1v) is 7.82. The first-order valence-electron chi connectivity index (χ1n) is 6.77. The Morgan fingerprint density at radius 2 is 1.89 bits per heavy atom. The van der Waals surface area contributed by atoms with Crippen LogP contribution in [0.4, 0.5) is 5.95 Å². The molecule has 0 bridgehead atoms. The van der Waals surface area contributed by atoms with Gasteiger partial charge in [0, 0.05) is 11.2 Å². The second-order valence-electron chi connectivity index (χ2n) is 5.19. The highest BCUT2D eigenvalue weighted by atomic mass is 32.2. The molecular formula is C13H22N4S. The fourth-order valence-corrected chi connectivity index (χ4v) is 3.38. The van der Waals surface area contributed by atoms with Crippen molar-refractivity contribution >= 4 is 17.7 Å². The van der Waals surface area contributed by atoms with Gasteiger partial charge in [-0.05, 0) is 12.8 Å². The van der Waals surface area contributed by atoms with Gasteiger partial charge in [0.1, 0.15) is 11.6 Å². The Morgan fingerprint density at radius 1 is 1.17 bits per heavy atom. The summed E-state index contributed by atoms with van der Waals surface area (Å²) < 4.78 is 0. The fourth-order valence-electron chi connectivity index (χ4n) is 2.20. The van der Waals surface area contributed by atoms with E-state index < -0.39 is 0 Å². The molecule has 5 heteroatoms. The molecule has 0 radical (unpaired) electrons. The smallest absolute Gasteiger partial charge is 0.223 e. The minimum atomic E-state index is 0.300. The Morgan fingerprint density at radius 3 is 2.56 bits per heavy atom. The predicted molar refractivity (Wildman–Crippen MR) is 76.5 cm³/mol. The molecule has 0 aromatic carbocycles. The molecule has 0 amide bonds. The van der Waals surface area contributed by atoms with Gasteiger partial charge in [0.25, 0.3) is 0 Å². The third-order valence-electron chi connectivity index (χ3n) is 3.23. The molecule has 1 aromatic rings. The van der Waals surface area contributed by atoms with Gasteiger partial charge in [0.05, 0.1) is 5.75 Å². The summed E-state index contributed by atoms with van der Waals surface area (Å²) in [5, 5.41) is 0.777. The second-order valence-corrected chi connectivity index (χ2v) is 6.48. The number of hydrogen-bond donors (Lipinski definition) is 1. The van der Waals surface area contributed by atoms with Crippen LogP contribution >= 0.6 is 11.8 Å². The maximum Gasteiger partial charge on any atom is 0.223 e. The van der Waals surface area contributed by atoms with Gasteiger partial charge in [-0.3, -0.25) is 0 Å². The van der Waals surface area contributed by atoms with E-state index in [1.54, 1.807) is 0 Å². The van der Waals surface area contributed by atoms with E-state index in [4.69, 9.17) is 5.73 Å². The van der Waals surface area contributed by atoms with Crippen molar-refractivity contribution in [3.8, 4) is 0 Å². The van der Waals surface area contributed by atoms with E-state index in [-0.39, 0.29) is 0 Å². The molecule has 1 saturated carbocycles. The Labute approximate surface area is 113 Å². The van der Waals surface area contributed by atoms with E-state index >= 15 is 0 Å². The highest BCUT2D eigenvalue weighted by molar-refractivity contribution is 7.99. The molecule has 0 aliphatic heterocycles. The van der Waals surface area contributed by atoms with Crippen molar-refractivity contribution in [1.29, 1.82) is 0 Å². The van der Waals surface area contributed by atoms with Crippen LogP contribution in [-0.2, 0) is 5.75 Å². The second kappa shape index (κ2) is 6.36. The first-order chi connectivity index (χ1) is 8.65. The topological polar surface area (TPSA) is 64.7 Å². The Balaban J connectivity index is 1.95. The molecule has 18 heavy (non-hydrogen) atoms. The Hall–Kier alpha value is -0.840. The number of nitrogens with zero attached hydrogens (tertiary/aromatic N) is 3. The normalized spacial score (nSPS) is 17.3. The molecule has 0 saturated heterocycles. The molecule has 1 heterocycles. The zero-order valence-electron chi connectivity index (χ0n) is 11.2. The van der Waals surface area contributed by atoms with Gasteiger partial charge >= 0.3 is 0 Å². The molecule has 0 atom stereocenters. The van der Waals surface area contributed by atoms with Crippen molar-refractivity contribution in [2.24, 2.45) is 0 Å². The average Bonchev–Trinajstić information content (AvgIpc) is 2.37. The molecule has 100 valence electrons. The molecule has 0 spiro atoms. The third kappa shape index (κ3) is 3.83. The number of rotatable bonds is 4. The summed E-state index contributed by atoms with van der Waals surface area (Å²) in [6.07, 6.45) is 6.81. The van der Waals surface area contributed by atoms with Crippen molar-refractivity contribution < 1.29 is 0 Å². The van der Waals surface area contributed by atoms with Gasteiger partial charge in [-0.15, -0.1) is 0 Å². The van der Waals surface area contributed by atoms with Gasteiger partial charge in [0.15, 0.2) is 0 Å². The van der Waals surface area contributed by atoms with Crippen LogP contribution in [0.3, 0.4) is 0 Å². The summed E-state index contributed by atoms with van der Waals surface area (Å²) in [7, 11) is 0. The molecule has 1 aliphatic rings. The molecule has 1 aromatic heterocycles. The van der Waals surface area contributed by atoms with Gasteiger partial charge in [-0.1, -0.05) is 33.1 Å². The summed E-state index contributed by atoms with van der Waals surface area (Å²) in [5.41, 5.74) is 5.73. The van der Waals surface area contributed by atoms with Gasteiger partial charge < -0.3 is 5.73 Å². The lowest BCUT2D eigenvalue weighted by molar-refractivity contribution is 0.516. The molecule has 0 unspecified atom stereocenters. The number of nitrogen functional groups attached to an aromatic ring is 1. The number of anilines is 1. The molecular weight excluding hydrogens is 244 g/mol.